The highest BCUT2D eigenvalue weighted by Crippen LogP contribution is 2.26. The maximum atomic E-state index is 12.7. The number of amides is 1. The lowest BCUT2D eigenvalue weighted by Gasteiger charge is -2.30. The first-order valence-corrected chi connectivity index (χ1v) is 11.6. The Morgan fingerprint density at radius 3 is 2.40 bits per heavy atom. The van der Waals surface area contributed by atoms with E-state index in [1.807, 2.05) is 61.5 Å². The largest absolute Gasteiger partial charge is 0.496 e. The van der Waals surface area contributed by atoms with Crippen molar-refractivity contribution in [2.24, 2.45) is 5.92 Å². The summed E-state index contributed by atoms with van der Waals surface area (Å²) in [5.41, 5.74) is 1.75. The number of rotatable bonds is 7. The molecule has 0 saturated carbocycles. The first-order valence-electron chi connectivity index (χ1n) is 10.1. The topological polar surface area (TPSA) is 75.7 Å². The van der Waals surface area contributed by atoms with Crippen molar-refractivity contribution in [2.75, 3.05) is 20.2 Å². The summed E-state index contributed by atoms with van der Waals surface area (Å²) in [7, 11) is -1.89. The summed E-state index contributed by atoms with van der Waals surface area (Å²) in [5.74, 6) is 0.480. The van der Waals surface area contributed by atoms with Gasteiger partial charge in [-0.3, -0.25) is 4.79 Å². The van der Waals surface area contributed by atoms with Gasteiger partial charge in [-0.25, -0.2) is 8.42 Å². The second-order valence-corrected chi connectivity index (χ2v) is 9.22. The Labute approximate surface area is 178 Å². The van der Waals surface area contributed by atoms with Crippen LogP contribution in [0, 0.1) is 5.92 Å². The molecule has 1 saturated heterocycles. The highest BCUT2D eigenvalue weighted by Gasteiger charge is 2.30. The molecule has 1 N–H and O–H groups in total. The van der Waals surface area contributed by atoms with E-state index in [4.69, 9.17) is 4.74 Å². The average molecular weight is 429 g/mol. The van der Waals surface area contributed by atoms with Crippen molar-refractivity contribution in [2.45, 2.75) is 25.8 Å². The molecule has 1 unspecified atom stereocenters. The molecule has 30 heavy (non-hydrogen) atoms. The van der Waals surface area contributed by atoms with Gasteiger partial charge in [-0.05, 0) is 37.5 Å². The van der Waals surface area contributed by atoms with Gasteiger partial charge in [0.2, 0.25) is 15.9 Å². The van der Waals surface area contributed by atoms with Gasteiger partial charge in [0.1, 0.15) is 5.75 Å². The van der Waals surface area contributed by atoms with E-state index < -0.39 is 10.0 Å². The Morgan fingerprint density at radius 2 is 1.73 bits per heavy atom. The van der Waals surface area contributed by atoms with Gasteiger partial charge in [0.05, 0.1) is 13.2 Å². The number of methoxy groups -OCH3 is 1. The fourth-order valence-electron chi connectivity index (χ4n) is 3.62. The molecule has 6 nitrogen and oxygen atoms in total. The number of nitrogens with one attached hydrogen (secondary N) is 1. The number of hydrogen-bond acceptors (Lipinski definition) is 4. The van der Waals surface area contributed by atoms with Gasteiger partial charge >= 0.3 is 0 Å². The first-order chi connectivity index (χ1) is 14.4. The Bertz CT molecular complexity index is 981. The van der Waals surface area contributed by atoms with Crippen LogP contribution in [0.25, 0.3) is 6.08 Å². The number of ether oxygens (including phenoxy) is 1. The monoisotopic (exact) mass is 428 g/mol. The zero-order valence-corrected chi connectivity index (χ0v) is 18.1. The third-order valence-corrected chi connectivity index (χ3v) is 6.95. The summed E-state index contributed by atoms with van der Waals surface area (Å²) in [5, 5.41) is 4.28. The summed E-state index contributed by atoms with van der Waals surface area (Å²) >= 11 is 0. The number of piperidine rings is 1. The fourth-order valence-corrected chi connectivity index (χ4v) is 4.84. The lowest BCUT2D eigenvalue weighted by molar-refractivity contribution is -0.126. The molecule has 160 valence electrons. The van der Waals surface area contributed by atoms with Gasteiger partial charge in [-0.2, -0.15) is 4.31 Å². The van der Waals surface area contributed by atoms with Crippen molar-refractivity contribution in [1.29, 1.82) is 0 Å². The molecule has 7 heteroatoms. The molecule has 0 spiro atoms. The summed E-state index contributed by atoms with van der Waals surface area (Å²) in [6.07, 6.45) is 2.61. The quantitative estimate of drug-likeness (QED) is 0.731. The van der Waals surface area contributed by atoms with E-state index in [9.17, 15) is 13.2 Å². The minimum atomic E-state index is -3.50. The molecule has 1 aliphatic rings. The number of para-hydroxylation sites is 1. The van der Waals surface area contributed by atoms with E-state index in [2.05, 4.69) is 5.32 Å². The Morgan fingerprint density at radius 1 is 1.10 bits per heavy atom. The predicted molar refractivity (Wildman–Crippen MR) is 118 cm³/mol. The number of carbonyl (C=O) groups is 1. The Kier molecular flexibility index (Phi) is 7.29. The van der Waals surface area contributed by atoms with Crippen molar-refractivity contribution in [3.8, 4) is 5.75 Å². The van der Waals surface area contributed by atoms with Crippen LogP contribution in [0.4, 0.5) is 0 Å². The van der Waals surface area contributed by atoms with E-state index in [-0.39, 0.29) is 17.9 Å². The molecule has 0 aromatic heterocycles. The molecule has 1 aliphatic heterocycles. The molecular formula is C23H28N2O4S. The molecule has 1 fully saturated rings. The molecular weight excluding hydrogens is 400 g/mol. The zero-order valence-electron chi connectivity index (χ0n) is 17.3. The molecule has 0 radical (unpaired) electrons. The van der Waals surface area contributed by atoms with Crippen molar-refractivity contribution < 1.29 is 17.9 Å². The van der Waals surface area contributed by atoms with E-state index >= 15 is 0 Å². The standard InChI is InChI=1S/C23H28N2O4S/c1-18(21-10-6-7-11-22(21)29-2)24-23(26)20-12-15-25(16-13-20)30(27,28)17-14-19-8-4-3-5-9-19/h3-11,14,17-18,20H,12-13,15-16H2,1-2H3,(H,24,26)/b17-14+. The predicted octanol–water partition coefficient (Wildman–Crippen LogP) is 3.59. The van der Waals surface area contributed by atoms with Crippen LogP contribution < -0.4 is 10.1 Å². The van der Waals surface area contributed by atoms with Crippen LogP contribution in [0.3, 0.4) is 0 Å². The van der Waals surface area contributed by atoms with Crippen molar-refractivity contribution >= 4 is 22.0 Å². The Balaban J connectivity index is 1.55. The van der Waals surface area contributed by atoms with Crippen molar-refractivity contribution in [1.82, 2.24) is 9.62 Å². The molecule has 1 heterocycles. The van der Waals surface area contributed by atoms with Crippen LogP contribution in [-0.2, 0) is 14.8 Å². The normalized spacial score (nSPS) is 17.0. The maximum absolute atomic E-state index is 12.7. The van der Waals surface area contributed by atoms with Gasteiger partial charge in [0.15, 0.2) is 0 Å². The number of carbonyl (C=O) groups excluding carboxylic acids is 1. The maximum Gasteiger partial charge on any atom is 0.236 e. The first kappa shape index (κ1) is 22.1. The van der Waals surface area contributed by atoms with Crippen LogP contribution in [0.2, 0.25) is 0 Å². The average Bonchev–Trinajstić information content (AvgIpc) is 2.78. The number of benzene rings is 2. The van der Waals surface area contributed by atoms with Gasteiger partial charge in [-0.15, -0.1) is 0 Å². The summed E-state index contributed by atoms with van der Waals surface area (Å²) in [6.45, 7) is 2.59. The minimum absolute atomic E-state index is 0.0507. The second kappa shape index (κ2) is 9.91. The van der Waals surface area contributed by atoms with E-state index in [1.54, 1.807) is 13.2 Å². The fraction of sp³-hybridized carbons (Fsp3) is 0.348. The molecule has 1 amide bonds. The number of nitrogens with zero attached hydrogens (tertiary/aromatic N) is 1. The summed E-state index contributed by atoms with van der Waals surface area (Å²) in [4.78, 5) is 12.7. The SMILES string of the molecule is COc1ccccc1C(C)NC(=O)C1CCN(S(=O)(=O)/C=C/c2ccccc2)CC1. The molecule has 1 atom stereocenters. The summed E-state index contributed by atoms with van der Waals surface area (Å²) < 4.78 is 32.0. The van der Waals surface area contributed by atoms with Crippen LogP contribution in [0.15, 0.2) is 60.0 Å². The van der Waals surface area contributed by atoms with Crippen LogP contribution in [-0.4, -0.2) is 38.8 Å². The van der Waals surface area contributed by atoms with E-state index in [0.29, 0.717) is 25.9 Å². The highest BCUT2D eigenvalue weighted by atomic mass is 32.2. The number of sulfonamides is 1. The number of hydrogen-bond donors (Lipinski definition) is 1. The smallest absolute Gasteiger partial charge is 0.236 e. The van der Waals surface area contributed by atoms with Crippen LogP contribution >= 0.6 is 0 Å². The van der Waals surface area contributed by atoms with Crippen LogP contribution in [0.5, 0.6) is 5.75 Å². The molecule has 0 aliphatic carbocycles. The van der Waals surface area contributed by atoms with Crippen LogP contribution in [0.1, 0.15) is 36.9 Å². The van der Waals surface area contributed by atoms with Gasteiger partial charge in [0.25, 0.3) is 0 Å². The second-order valence-electron chi connectivity index (χ2n) is 7.40. The van der Waals surface area contributed by atoms with Gasteiger partial charge < -0.3 is 10.1 Å². The molecule has 3 rings (SSSR count). The van der Waals surface area contributed by atoms with E-state index in [0.717, 1.165) is 16.9 Å². The molecule has 2 aromatic carbocycles. The lowest BCUT2D eigenvalue weighted by atomic mass is 9.96. The van der Waals surface area contributed by atoms with Gasteiger partial charge in [-0.1, -0.05) is 48.5 Å². The zero-order chi connectivity index (χ0) is 21.6. The third kappa shape index (κ3) is 5.49. The lowest BCUT2D eigenvalue weighted by Crippen LogP contribution is -2.42. The molecule has 2 aromatic rings. The summed E-state index contributed by atoms with van der Waals surface area (Å²) in [6, 6.07) is 16.7. The van der Waals surface area contributed by atoms with Crippen molar-refractivity contribution in [3.05, 3.63) is 71.1 Å². The van der Waals surface area contributed by atoms with Gasteiger partial charge in [0, 0.05) is 30.0 Å². The third-order valence-electron chi connectivity index (χ3n) is 5.38. The van der Waals surface area contributed by atoms with E-state index in [1.165, 1.54) is 9.71 Å². The van der Waals surface area contributed by atoms with Crippen molar-refractivity contribution in [3.63, 3.8) is 0 Å². The minimum Gasteiger partial charge on any atom is -0.496 e. The molecule has 0 bridgehead atoms. The Hall–Kier alpha value is -2.64. The highest BCUT2D eigenvalue weighted by molar-refractivity contribution is 7.92.